The van der Waals surface area contributed by atoms with E-state index in [-0.39, 0.29) is 34.3 Å². The van der Waals surface area contributed by atoms with Gasteiger partial charge in [0, 0.05) is 22.7 Å². The molecule has 0 heterocycles. The molecule has 3 aliphatic carbocycles. The van der Waals surface area contributed by atoms with Crippen LogP contribution in [-0.2, 0) is 4.79 Å². The lowest BCUT2D eigenvalue weighted by atomic mass is 9.36. The molecule has 0 saturated heterocycles. The van der Waals surface area contributed by atoms with Gasteiger partial charge in [0.25, 0.3) is 0 Å². The molecule has 0 radical (unpaired) electrons. The third kappa shape index (κ3) is 4.37. The molecule has 5 rings (SSSR count). The number of anilines is 1. The Morgan fingerprint density at radius 3 is 2.39 bits per heavy atom. The van der Waals surface area contributed by atoms with Gasteiger partial charge < -0.3 is 15.4 Å². The third-order valence-corrected chi connectivity index (χ3v) is 6.54. The number of benzene rings is 2. The predicted molar refractivity (Wildman–Crippen MR) is 111 cm³/mol. The number of halogens is 4. The second-order valence-electron chi connectivity index (χ2n) is 8.42. The third-order valence-electron chi connectivity index (χ3n) is 6.20. The highest BCUT2D eigenvalue weighted by Crippen LogP contribution is 2.70. The summed E-state index contributed by atoms with van der Waals surface area (Å²) in [6, 6.07) is 11.2. The summed E-state index contributed by atoms with van der Waals surface area (Å²) >= 11 is 5.39. The normalized spacial score (nSPS) is 24.9. The molecule has 2 aromatic carbocycles. The van der Waals surface area contributed by atoms with Crippen molar-refractivity contribution >= 4 is 28.8 Å². The molecule has 31 heavy (non-hydrogen) atoms. The molecule has 3 fully saturated rings. The molecule has 0 spiro atoms. The first-order chi connectivity index (χ1) is 14.5. The molecule has 2 bridgehead atoms. The van der Waals surface area contributed by atoms with E-state index in [0.717, 1.165) is 19.3 Å². The molecule has 2 N–H and O–H groups in total. The maximum absolute atomic E-state index is 13.0. The SMILES string of the molecule is CC(C(=O)Nc1ccc(F)cc1)C12CC(NC(=S)c3cccc(OC(F)(F)F)c3)(C1)C2. The fourth-order valence-electron chi connectivity index (χ4n) is 4.67. The van der Waals surface area contributed by atoms with Crippen molar-refractivity contribution in [3.63, 3.8) is 0 Å². The number of carbonyl (C=O) groups is 1. The highest BCUT2D eigenvalue weighted by molar-refractivity contribution is 7.80. The maximum Gasteiger partial charge on any atom is 0.573 e. The Balaban J connectivity index is 1.32. The Hall–Kier alpha value is -2.68. The summed E-state index contributed by atoms with van der Waals surface area (Å²) in [5.74, 6) is -1.06. The largest absolute Gasteiger partial charge is 0.573 e. The quantitative estimate of drug-likeness (QED) is 0.468. The summed E-state index contributed by atoms with van der Waals surface area (Å²) in [6.45, 7) is 1.87. The summed E-state index contributed by atoms with van der Waals surface area (Å²) in [4.78, 5) is 13.0. The van der Waals surface area contributed by atoms with Gasteiger partial charge in [-0.3, -0.25) is 4.79 Å². The molecular formula is C22H20F4N2O2S. The first-order valence-electron chi connectivity index (χ1n) is 9.74. The van der Waals surface area contributed by atoms with E-state index >= 15 is 0 Å². The van der Waals surface area contributed by atoms with Crippen LogP contribution in [0, 0.1) is 17.2 Å². The van der Waals surface area contributed by atoms with Crippen LogP contribution in [0.4, 0.5) is 23.2 Å². The van der Waals surface area contributed by atoms with Gasteiger partial charge in [-0.05, 0) is 61.1 Å². The first kappa shape index (κ1) is 21.5. The van der Waals surface area contributed by atoms with E-state index in [1.807, 2.05) is 6.92 Å². The van der Waals surface area contributed by atoms with Crippen molar-refractivity contribution < 1.29 is 27.1 Å². The van der Waals surface area contributed by atoms with Gasteiger partial charge in [0.05, 0.1) is 0 Å². The van der Waals surface area contributed by atoms with Gasteiger partial charge in [-0.15, -0.1) is 13.2 Å². The lowest BCUT2D eigenvalue weighted by molar-refractivity contribution is -0.274. The van der Waals surface area contributed by atoms with Crippen molar-refractivity contribution in [1.82, 2.24) is 5.32 Å². The zero-order valence-electron chi connectivity index (χ0n) is 16.6. The van der Waals surface area contributed by atoms with Gasteiger partial charge >= 0.3 is 6.36 Å². The van der Waals surface area contributed by atoms with Gasteiger partial charge in [-0.2, -0.15) is 0 Å². The maximum atomic E-state index is 13.0. The zero-order valence-corrected chi connectivity index (χ0v) is 17.4. The number of hydrogen-bond acceptors (Lipinski definition) is 3. The number of carbonyl (C=O) groups excluding carboxylic acids is 1. The highest BCUT2D eigenvalue weighted by atomic mass is 32.1. The number of amides is 1. The zero-order chi connectivity index (χ0) is 22.4. The lowest BCUT2D eigenvalue weighted by Crippen LogP contribution is -2.77. The summed E-state index contributed by atoms with van der Waals surface area (Å²) in [7, 11) is 0. The van der Waals surface area contributed by atoms with Crippen molar-refractivity contribution in [1.29, 1.82) is 0 Å². The first-order valence-corrected chi connectivity index (χ1v) is 10.1. The summed E-state index contributed by atoms with van der Waals surface area (Å²) in [5, 5.41) is 6.08. The number of alkyl halides is 3. The summed E-state index contributed by atoms with van der Waals surface area (Å²) < 4.78 is 54.3. The van der Waals surface area contributed by atoms with Crippen LogP contribution in [-0.4, -0.2) is 22.8 Å². The van der Waals surface area contributed by atoms with Gasteiger partial charge in [-0.25, -0.2) is 4.39 Å². The van der Waals surface area contributed by atoms with E-state index in [2.05, 4.69) is 15.4 Å². The average Bonchev–Trinajstić information content (AvgIpc) is 2.63. The number of thiocarbonyl (C=S) groups is 1. The molecular weight excluding hydrogens is 432 g/mol. The van der Waals surface area contributed by atoms with E-state index < -0.39 is 6.36 Å². The van der Waals surface area contributed by atoms with E-state index in [1.165, 1.54) is 42.5 Å². The van der Waals surface area contributed by atoms with Gasteiger partial charge in [-0.1, -0.05) is 31.3 Å². The second kappa shape index (κ2) is 7.47. The highest BCUT2D eigenvalue weighted by Gasteiger charge is 2.70. The van der Waals surface area contributed by atoms with E-state index in [1.54, 1.807) is 6.07 Å². The molecule has 4 nitrogen and oxygen atoms in total. The summed E-state index contributed by atoms with van der Waals surface area (Å²) in [6.07, 6.45) is -2.52. The Morgan fingerprint density at radius 2 is 1.77 bits per heavy atom. The van der Waals surface area contributed by atoms with Crippen molar-refractivity contribution in [3.05, 3.63) is 59.9 Å². The van der Waals surface area contributed by atoms with Crippen LogP contribution >= 0.6 is 12.2 Å². The van der Waals surface area contributed by atoms with Crippen LogP contribution in [0.1, 0.15) is 31.7 Å². The molecule has 3 saturated carbocycles. The standard InChI is InChI=1S/C22H20F4N2O2S/c1-13(18(29)27-16-7-5-15(23)6-8-16)20-10-21(11-20,12-20)28-19(31)14-3-2-4-17(9-14)30-22(24,25)26/h2-9,13H,10-12H2,1H3,(H,27,29)(H,28,31). The van der Waals surface area contributed by atoms with Crippen LogP contribution in [0.25, 0.3) is 0 Å². The minimum absolute atomic E-state index is 0.125. The van der Waals surface area contributed by atoms with Crippen LogP contribution in [0.5, 0.6) is 5.75 Å². The molecule has 0 aliphatic heterocycles. The molecule has 1 amide bonds. The van der Waals surface area contributed by atoms with E-state index in [0.29, 0.717) is 16.2 Å². The average molecular weight is 452 g/mol. The molecule has 3 aliphatic rings. The minimum atomic E-state index is -4.77. The molecule has 1 atom stereocenters. The van der Waals surface area contributed by atoms with E-state index in [4.69, 9.17) is 12.2 Å². The van der Waals surface area contributed by atoms with Crippen LogP contribution in [0.15, 0.2) is 48.5 Å². The number of nitrogens with one attached hydrogen (secondary N) is 2. The second-order valence-corrected chi connectivity index (χ2v) is 8.83. The molecule has 164 valence electrons. The van der Waals surface area contributed by atoms with Crippen LogP contribution < -0.4 is 15.4 Å². The van der Waals surface area contributed by atoms with Gasteiger partial charge in [0.2, 0.25) is 5.91 Å². The molecule has 0 aromatic heterocycles. The monoisotopic (exact) mass is 452 g/mol. The van der Waals surface area contributed by atoms with Crippen molar-refractivity contribution in [3.8, 4) is 5.75 Å². The lowest BCUT2D eigenvalue weighted by Gasteiger charge is -2.72. The Kier molecular flexibility index (Phi) is 5.20. The van der Waals surface area contributed by atoms with Crippen molar-refractivity contribution in [2.75, 3.05) is 5.32 Å². The van der Waals surface area contributed by atoms with Gasteiger partial charge in [0.1, 0.15) is 16.6 Å². The smallest absolute Gasteiger partial charge is 0.406 e. The van der Waals surface area contributed by atoms with Gasteiger partial charge in [0.15, 0.2) is 0 Å². The molecule has 9 heteroatoms. The molecule has 1 unspecified atom stereocenters. The molecule has 2 aromatic rings. The van der Waals surface area contributed by atoms with Crippen molar-refractivity contribution in [2.45, 2.75) is 38.1 Å². The fourth-order valence-corrected chi connectivity index (χ4v) is 5.01. The predicted octanol–water partition coefficient (Wildman–Crippen LogP) is 5.19. The summed E-state index contributed by atoms with van der Waals surface area (Å²) in [5.41, 5.74) is 0.619. The minimum Gasteiger partial charge on any atom is -0.406 e. The van der Waals surface area contributed by atoms with Crippen LogP contribution in [0.2, 0.25) is 0 Å². The Morgan fingerprint density at radius 1 is 1.13 bits per heavy atom. The Labute approximate surface area is 182 Å². The topological polar surface area (TPSA) is 50.4 Å². The number of rotatable bonds is 6. The van der Waals surface area contributed by atoms with Crippen LogP contribution in [0.3, 0.4) is 0 Å². The number of ether oxygens (including phenoxy) is 1. The Bertz CT molecular complexity index is 1000. The van der Waals surface area contributed by atoms with E-state index in [9.17, 15) is 22.4 Å². The fraction of sp³-hybridized carbons (Fsp3) is 0.364. The van der Waals surface area contributed by atoms with Crippen molar-refractivity contribution in [2.24, 2.45) is 11.3 Å². The number of hydrogen-bond donors (Lipinski definition) is 2.